The SMILES string of the molecule is OCCn1cc(CNc2cccc(Cl)c2F)cn1. The van der Waals surface area contributed by atoms with Gasteiger partial charge in [0.2, 0.25) is 0 Å². The zero-order valence-electron chi connectivity index (χ0n) is 9.61. The third kappa shape index (κ3) is 3.00. The molecule has 0 aliphatic heterocycles. The van der Waals surface area contributed by atoms with Crippen LogP contribution in [0.25, 0.3) is 0 Å². The van der Waals surface area contributed by atoms with Crippen LogP contribution in [0.15, 0.2) is 30.6 Å². The summed E-state index contributed by atoms with van der Waals surface area (Å²) in [7, 11) is 0. The molecule has 0 unspecified atom stereocenters. The minimum Gasteiger partial charge on any atom is -0.394 e. The molecule has 96 valence electrons. The maximum absolute atomic E-state index is 13.6. The van der Waals surface area contributed by atoms with Crippen molar-refractivity contribution in [2.75, 3.05) is 11.9 Å². The van der Waals surface area contributed by atoms with E-state index in [1.807, 2.05) is 0 Å². The fourth-order valence-electron chi connectivity index (χ4n) is 1.56. The maximum Gasteiger partial charge on any atom is 0.164 e. The first-order chi connectivity index (χ1) is 8.70. The fourth-order valence-corrected chi connectivity index (χ4v) is 1.73. The van der Waals surface area contributed by atoms with Crippen LogP contribution in [0, 0.1) is 5.82 Å². The Labute approximate surface area is 109 Å². The van der Waals surface area contributed by atoms with Gasteiger partial charge in [-0.3, -0.25) is 4.68 Å². The van der Waals surface area contributed by atoms with Crippen LogP contribution in [0.1, 0.15) is 5.56 Å². The Hall–Kier alpha value is -1.59. The van der Waals surface area contributed by atoms with Gasteiger partial charge in [0.1, 0.15) is 0 Å². The number of aliphatic hydroxyl groups is 1. The molecule has 1 heterocycles. The van der Waals surface area contributed by atoms with Gasteiger partial charge in [-0.25, -0.2) is 4.39 Å². The largest absolute Gasteiger partial charge is 0.394 e. The second-order valence-electron chi connectivity index (χ2n) is 3.79. The van der Waals surface area contributed by atoms with E-state index < -0.39 is 5.82 Å². The van der Waals surface area contributed by atoms with E-state index in [1.54, 1.807) is 29.2 Å². The molecular weight excluding hydrogens is 257 g/mol. The van der Waals surface area contributed by atoms with Gasteiger partial charge in [-0.05, 0) is 12.1 Å². The molecule has 0 aliphatic carbocycles. The first-order valence-corrected chi connectivity index (χ1v) is 5.88. The molecule has 0 saturated heterocycles. The van der Waals surface area contributed by atoms with Crippen LogP contribution < -0.4 is 5.32 Å². The monoisotopic (exact) mass is 269 g/mol. The van der Waals surface area contributed by atoms with Gasteiger partial charge in [-0.1, -0.05) is 17.7 Å². The van der Waals surface area contributed by atoms with Crippen molar-refractivity contribution in [2.45, 2.75) is 13.1 Å². The van der Waals surface area contributed by atoms with E-state index >= 15 is 0 Å². The van der Waals surface area contributed by atoms with E-state index in [0.717, 1.165) is 5.56 Å². The number of rotatable bonds is 5. The van der Waals surface area contributed by atoms with E-state index in [0.29, 0.717) is 18.8 Å². The van der Waals surface area contributed by atoms with Crippen molar-refractivity contribution in [2.24, 2.45) is 0 Å². The molecular formula is C12H13ClFN3O. The average molecular weight is 270 g/mol. The summed E-state index contributed by atoms with van der Waals surface area (Å²) >= 11 is 5.68. The standard InChI is InChI=1S/C12H13ClFN3O/c13-10-2-1-3-11(12(10)14)15-6-9-7-16-17(8-9)4-5-18/h1-3,7-8,15,18H,4-6H2. The highest BCUT2D eigenvalue weighted by atomic mass is 35.5. The molecule has 0 amide bonds. The molecule has 0 saturated carbocycles. The quantitative estimate of drug-likeness (QED) is 0.876. The van der Waals surface area contributed by atoms with Gasteiger partial charge in [0.05, 0.1) is 30.1 Å². The minimum atomic E-state index is -0.457. The number of halogens is 2. The van der Waals surface area contributed by atoms with E-state index in [4.69, 9.17) is 16.7 Å². The Morgan fingerprint density at radius 2 is 2.28 bits per heavy atom. The number of hydrogen-bond donors (Lipinski definition) is 2. The van der Waals surface area contributed by atoms with Crippen LogP contribution in [0.5, 0.6) is 0 Å². The minimum absolute atomic E-state index is 0.0392. The summed E-state index contributed by atoms with van der Waals surface area (Å²) in [5, 5.41) is 15.9. The molecule has 0 aliphatic rings. The number of aromatic nitrogens is 2. The van der Waals surface area contributed by atoms with Gasteiger partial charge in [-0.15, -0.1) is 0 Å². The summed E-state index contributed by atoms with van der Waals surface area (Å²) in [5.41, 5.74) is 1.26. The summed E-state index contributed by atoms with van der Waals surface area (Å²) < 4.78 is 15.2. The van der Waals surface area contributed by atoms with Gasteiger partial charge in [-0.2, -0.15) is 5.10 Å². The van der Waals surface area contributed by atoms with E-state index in [-0.39, 0.29) is 11.6 Å². The lowest BCUT2D eigenvalue weighted by atomic mass is 10.3. The molecule has 0 bridgehead atoms. The zero-order chi connectivity index (χ0) is 13.0. The van der Waals surface area contributed by atoms with Gasteiger partial charge in [0.15, 0.2) is 5.82 Å². The Kier molecular flexibility index (Phi) is 4.17. The van der Waals surface area contributed by atoms with E-state index in [1.165, 1.54) is 6.07 Å². The van der Waals surface area contributed by atoms with Crippen molar-refractivity contribution >= 4 is 17.3 Å². The Balaban J connectivity index is 2.00. The Bertz CT molecular complexity index is 530. The summed E-state index contributed by atoms with van der Waals surface area (Å²) in [4.78, 5) is 0. The molecule has 6 heteroatoms. The summed E-state index contributed by atoms with van der Waals surface area (Å²) in [6.45, 7) is 0.936. The third-order valence-corrected chi connectivity index (χ3v) is 2.74. The number of anilines is 1. The topological polar surface area (TPSA) is 50.1 Å². The number of nitrogens with one attached hydrogen (secondary N) is 1. The van der Waals surface area contributed by atoms with Gasteiger partial charge in [0.25, 0.3) is 0 Å². The molecule has 2 rings (SSSR count). The first-order valence-electron chi connectivity index (χ1n) is 5.51. The highest BCUT2D eigenvalue weighted by Gasteiger charge is 2.06. The van der Waals surface area contributed by atoms with Gasteiger partial charge >= 0.3 is 0 Å². The van der Waals surface area contributed by atoms with Crippen molar-refractivity contribution in [3.63, 3.8) is 0 Å². The Morgan fingerprint density at radius 3 is 3.06 bits per heavy atom. The predicted octanol–water partition coefficient (Wildman–Crippen LogP) is 2.28. The summed E-state index contributed by atoms with van der Waals surface area (Å²) in [6, 6.07) is 4.81. The molecule has 4 nitrogen and oxygen atoms in total. The van der Waals surface area contributed by atoms with Gasteiger partial charge in [0, 0.05) is 18.3 Å². The highest BCUT2D eigenvalue weighted by Crippen LogP contribution is 2.22. The molecule has 2 aromatic rings. The second kappa shape index (κ2) is 5.84. The molecule has 0 atom stereocenters. The first kappa shape index (κ1) is 12.9. The Morgan fingerprint density at radius 1 is 1.44 bits per heavy atom. The molecule has 0 spiro atoms. The smallest absolute Gasteiger partial charge is 0.164 e. The van der Waals surface area contributed by atoms with Crippen LogP contribution in [0.2, 0.25) is 5.02 Å². The molecule has 18 heavy (non-hydrogen) atoms. The number of nitrogens with zero attached hydrogens (tertiary/aromatic N) is 2. The molecule has 2 N–H and O–H groups in total. The van der Waals surface area contributed by atoms with Crippen LogP contribution in [-0.2, 0) is 13.1 Å². The average Bonchev–Trinajstić information content (AvgIpc) is 2.79. The van der Waals surface area contributed by atoms with Crippen molar-refractivity contribution in [1.82, 2.24) is 9.78 Å². The summed E-state index contributed by atoms with van der Waals surface area (Å²) in [6.07, 6.45) is 3.47. The van der Waals surface area contributed by atoms with Crippen molar-refractivity contribution in [1.29, 1.82) is 0 Å². The lowest BCUT2D eigenvalue weighted by Gasteiger charge is -2.06. The normalized spacial score (nSPS) is 10.6. The second-order valence-corrected chi connectivity index (χ2v) is 4.20. The van der Waals surface area contributed by atoms with Gasteiger partial charge < -0.3 is 10.4 Å². The van der Waals surface area contributed by atoms with Crippen LogP contribution in [-0.4, -0.2) is 21.5 Å². The summed E-state index contributed by atoms with van der Waals surface area (Å²) in [5.74, 6) is -0.457. The number of benzene rings is 1. The molecule has 1 aromatic heterocycles. The third-order valence-electron chi connectivity index (χ3n) is 2.45. The highest BCUT2D eigenvalue weighted by molar-refractivity contribution is 6.31. The number of aliphatic hydroxyl groups excluding tert-OH is 1. The molecule has 0 radical (unpaired) electrons. The van der Waals surface area contributed by atoms with E-state index in [9.17, 15) is 4.39 Å². The zero-order valence-corrected chi connectivity index (χ0v) is 10.4. The predicted molar refractivity (Wildman–Crippen MR) is 68.0 cm³/mol. The fraction of sp³-hybridized carbons (Fsp3) is 0.250. The van der Waals surface area contributed by atoms with Crippen LogP contribution >= 0.6 is 11.6 Å². The van der Waals surface area contributed by atoms with Crippen molar-refractivity contribution in [3.05, 3.63) is 47.0 Å². The van der Waals surface area contributed by atoms with Crippen molar-refractivity contribution < 1.29 is 9.50 Å². The lowest BCUT2D eigenvalue weighted by Crippen LogP contribution is -2.03. The van der Waals surface area contributed by atoms with E-state index in [2.05, 4.69) is 10.4 Å². The lowest BCUT2D eigenvalue weighted by molar-refractivity contribution is 0.269. The number of hydrogen-bond acceptors (Lipinski definition) is 3. The van der Waals surface area contributed by atoms with Crippen LogP contribution in [0.4, 0.5) is 10.1 Å². The molecule has 1 aromatic carbocycles. The maximum atomic E-state index is 13.6. The van der Waals surface area contributed by atoms with Crippen LogP contribution in [0.3, 0.4) is 0 Å². The van der Waals surface area contributed by atoms with Crippen molar-refractivity contribution in [3.8, 4) is 0 Å². The molecule has 0 fully saturated rings.